The molecule has 0 unspecified atom stereocenters. The second kappa shape index (κ2) is 6.68. The Labute approximate surface area is 129 Å². The number of hydroxylamine groups is 2. The molecule has 0 spiro atoms. The lowest BCUT2D eigenvalue weighted by Gasteiger charge is -2.22. The molecule has 1 aromatic heterocycles. The molecule has 1 fully saturated rings. The SMILES string of the molecule is COC(=O)[C@H]1C[C@H](c2cccnc2)N(Cc2ccccc2)O1. The molecule has 114 valence electrons. The minimum Gasteiger partial charge on any atom is -0.467 e. The van der Waals surface area contributed by atoms with E-state index in [2.05, 4.69) is 4.98 Å². The number of rotatable bonds is 4. The molecule has 0 amide bonds. The Morgan fingerprint density at radius 3 is 2.82 bits per heavy atom. The van der Waals surface area contributed by atoms with E-state index in [0.29, 0.717) is 13.0 Å². The van der Waals surface area contributed by atoms with Gasteiger partial charge in [-0.05, 0) is 17.2 Å². The highest BCUT2D eigenvalue weighted by atomic mass is 16.7. The fourth-order valence-electron chi connectivity index (χ4n) is 2.66. The first-order valence-electron chi connectivity index (χ1n) is 7.23. The van der Waals surface area contributed by atoms with Gasteiger partial charge in [0.25, 0.3) is 0 Å². The molecule has 2 heterocycles. The maximum absolute atomic E-state index is 11.8. The highest BCUT2D eigenvalue weighted by Crippen LogP contribution is 2.35. The molecule has 1 aliphatic rings. The van der Waals surface area contributed by atoms with E-state index >= 15 is 0 Å². The van der Waals surface area contributed by atoms with Crippen molar-refractivity contribution in [2.45, 2.75) is 25.1 Å². The average Bonchev–Trinajstić information content (AvgIpc) is 3.00. The molecule has 0 N–H and O–H groups in total. The quantitative estimate of drug-likeness (QED) is 0.812. The van der Waals surface area contributed by atoms with E-state index in [1.165, 1.54) is 7.11 Å². The third-order valence-corrected chi connectivity index (χ3v) is 3.76. The van der Waals surface area contributed by atoms with Gasteiger partial charge in [-0.1, -0.05) is 36.4 Å². The van der Waals surface area contributed by atoms with Gasteiger partial charge in [0.05, 0.1) is 13.2 Å². The number of hydrogen-bond donors (Lipinski definition) is 0. The molecule has 0 aliphatic carbocycles. The summed E-state index contributed by atoms with van der Waals surface area (Å²) >= 11 is 0. The number of methoxy groups -OCH3 is 1. The molecule has 1 saturated heterocycles. The van der Waals surface area contributed by atoms with Crippen LogP contribution >= 0.6 is 0 Å². The Hall–Kier alpha value is -2.24. The molecule has 3 rings (SSSR count). The summed E-state index contributed by atoms with van der Waals surface area (Å²) in [7, 11) is 1.38. The van der Waals surface area contributed by atoms with Crippen molar-refractivity contribution in [2.75, 3.05) is 7.11 Å². The second-order valence-corrected chi connectivity index (χ2v) is 5.22. The minimum absolute atomic E-state index is 0.0157. The summed E-state index contributed by atoms with van der Waals surface area (Å²) in [6.07, 6.45) is 3.54. The van der Waals surface area contributed by atoms with Crippen molar-refractivity contribution >= 4 is 5.97 Å². The van der Waals surface area contributed by atoms with Crippen molar-refractivity contribution in [3.05, 3.63) is 66.0 Å². The van der Waals surface area contributed by atoms with Crippen molar-refractivity contribution in [3.63, 3.8) is 0 Å². The van der Waals surface area contributed by atoms with Crippen molar-refractivity contribution in [2.24, 2.45) is 0 Å². The van der Waals surface area contributed by atoms with E-state index in [1.807, 2.05) is 53.7 Å². The number of esters is 1. The van der Waals surface area contributed by atoms with Gasteiger partial charge >= 0.3 is 5.97 Å². The van der Waals surface area contributed by atoms with E-state index in [4.69, 9.17) is 9.57 Å². The summed E-state index contributed by atoms with van der Waals surface area (Å²) in [4.78, 5) is 21.8. The van der Waals surface area contributed by atoms with Crippen LogP contribution in [0.1, 0.15) is 23.6 Å². The molecule has 2 atom stereocenters. The van der Waals surface area contributed by atoms with Crippen LogP contribution in [0, 0.1) is 0 Å². The van der Waals surface area contributed by atoms with E-state index in [9.17, 15) is 4.79 Å². The Balaban J connectivity index is 1.82. The van der Waals surface area contributed by atoms with Gasteiger partial charge in [-0.2, -0.15) is 5.06 Å². The van der Waals surface area contributed by atoms with Crippen molar-refractivity contribution in [3.8, 4) is 0 Å². The standard InChI is InChI=1S/C17H18N2O3/c1-21-17(20)16-10-15(14-8-5-9-18-11-14)19(22-16)12-13-6-3-2-4-7-13/h2-9,11,15-16H,10,12H2,1H3/t15-,16-/m1/s1. The third kappa shape index (κ3) is 3.16. The molecule has 0 bridgehead atoms. The smallest absolute Gasteiger partial charge is 0.337 e. The zero-order chi connectivity index (χ0) is 15.4. The molecule has 0 saturated carbocycles. The first-order valence-corrected chi connectivity index (χ1v) is 7.23. The number of nitrogens with zero attached hydrogens (tertiary/aromatic N) is 2. The Morgan fingerprint density at radius 1 is 1.32 bits per heavy atom. The Bertz CT molecular complexity index is 618. The van der Waals surface area contributed by atoms with E-state index in [1.54, 1.807) is 6.20 Å². The van der Waals surface area contributed by atoms with E-state index in [0.717, 1.165) is 11.1 Å². The molecule has 1 aliphatic heterocycles. The van der Waals surface area contributed by atoms with Gasteiger partial charge in [0.1, 0.15) is 0 Å². The maximum Gasteiger partial charge on any atom is 0.337 e. The van der Waals surface area contributed by atoms with Crippen LogP contribution in [0.25, 0.3) is 0 Å². The summed E-state index contributed by atoms with van der Waals surface area (Å²) < 4.78 is 4.81. The predicted molar refractivity (Wildman–Crippen MR) is 80.5 cm³/mol. The number of ether oxygens (including phenoxy) is 1. The molecule has 2 aromatic rings. The zero-order valence-electron chi connectivity index (χ0n) is 12.4. The van der Waals surface area contributed by atoms with Crippen LogP contribution in [0.2, 0.25) is 0 Å². The number of pyridine rings is 1. The van der Waals surface area contributed by atoms with Crippen LogP contribution in [0.4, 0.5) is 0 Å². The molecular weight excluding hydrogens is 280 g/mol. The van der Waals surface area contributed by atoms with Gasteiger partial charge in [0.15, 0.2) is 6.10 Å². The molecule has 0 radical (unpaired) electrons. The minimum atomic E-state index is -0.570. The lowest BCUT2D eigenvalue weighted by atomic mass is 10.0. The van der Waals surface area contributed by atoms with Gasteiger partial charge in [0, 0.05) is 25.4 Å². The van der Waals surface area contributed by atoms with Crippen LogP contribution in [-0.2, 0) is 20.9 Å². The van der Waals surface area contributed by atoms with Gasteiger partial charge in [-0.3, -0.25) is 9.82 Å². The van der Waals surface area contributed by atoms with Gasteiger partial charge in [0.2, 0.25) is 0 Å². The molecule has 22 heavy (non-hydrogen) atoms. The van der Waals surface area contributed by atoms with Crippen LogP contribution < -0.4 is 0 Å². The number of carbonyl (C=O) groups excluding carboxylic acids is 1. The molecular formula is C17H18N2O3. The Kier molecular flexibility index (Phi) is 4.46. The number of benzene rings is 1. The fraction of sp³-hybridized carbons (Fsp3) is 0.294. The Morgan fingerprint density at radius 2 is 2.14 bits per heavy atom. The van der Waals surface area contributed by atoms with Crippen LogP contribution in [0.15, 0.2) is 54.9 Å². The number of carbonyl (C=O) groups is 1. The monoisotopic (exact) mass is 298 g/mol. The van der Waals surface area contributed by atoms with Crippen molar-refractivity contribution in [1.29, 1.82) is 0 Å². The summed E-state index contributed by atoms with van der Waals surface area (Å²) in [6.45, 7) is 0.605. The maximum atomic E-state index is 11.8. The highest BCUT2D eigenvalue weighted by Gasteiger charge is 2.39. The zero-order valence-corrected chi connectivity index (χ0v) is 12.4. The lowest BCUT2D eigenvalue weighted by molar-refractivity contribution is -0.191. The van der Waals surface area contributed by atoms with Crippen LogP contribution in [0.5, 0.6) is 0 Å². The molecule has 5 nitrogen and oxygen atoms in total. The summed E-state index contributed by atoms with van der Waals surface area (Å²) in [5.41, 5.74) is 2.16. The van der Waals surface area contributed by atoms with Crippen LogP contribution in [0.3, 0.4) is 0 Å². The molecule has 5 heteroatoms. The largest absolute Gasteiger partial charge is 0.467 e. The third-order valence-electron chi connectivity index (χ3n) is 3.76. The number of hydrogen-bond acceptors (Lipinski definition) is 5. The lowest BCUT2D eigenvalue weighted by Crippen LogP contribution is -2.25. The summed E-state index contributed by atoms with van der Waals surface area (Å²) in [5.74, 6) is -0.343. The van der Waals surface area contributed by atoms with Crippen molar-refractivity contribution in [1.82, 2.24) is 10.0 Å². The van der Waals surface area contributed by atoms with Crippen LogP contribution in [-0.4, -0.2) is 29.2 Å². The topological polar surface area (TPSA) is 51.7 Å². The predicted octanol–water partition coefficient (Wildman–Crippen LogP) is 2.50. The normalized spacial score (nSPS) is 21.7. The first kappa shape index (κ1) is 14.7. The van der Waals surface area contributed by atoms with E-state index < -0.39 is 6.10 Å². The van der Waals surface area contributed by atoms with Crippen molar-refractivity contribution < 1.29 is 14.4 Å². The fourth-order valence-corrected chi connectivity index (χ4v) is 2.66. The highest BCUT2D eigenvalue weighted by molar-refractivity contribution is 5.74. The first-order chi connectivity index (χ1) is 10.8. The summed E-state index contributed by atoms with van der Waals surface area (Å²) in [5, 5.41) is 1.84. The second-order valence-electron chi connectivity index (χ2n) is 5.22. The average molecular weight is 298 g/mol. The summed E-state index contributed by atoms with van der Waals surface area (Å²) in [6, 6.07) is 13.9. The van der Waals surface area contributed by atoms with Gasteiger partial charge < -0.3 is 4.74 Å². The number of aromatic nitrogens is 1. The van der Waals surface area contributed by atoms with E-state index in [-0.39, 0.29) is 12.0 Å². The molecule has 1 aromatic carbocycles. The van der Waals surface area contributed by atoms with Gasteiger partial charge in [-0.15, -0.1) is 0 Å². The van der Waals surface area contributed by atoms with Gasteiger partial charge in [-0.25, -0.2) is 4.79 Å².